The van der Waals surface area contributed by atoms with Crippen LogP contribution >= 0.6 is 0 Å². The summed E-state index contributed by atoms with van der Waals surface area (Å²) in [5, 5.41) is 25.2. The van der Waals surface area contributed by atoms with Crippen LogP contribution in [-0.2, 0) is 11.3 Å². The van der Waals surface area contributed by atoms with Gasteiger partial charge in [-0.15, -0.1) is 0 Å². The molecule has 0 aromatic carbocycles. The average Bonchev–Trinajstić information content (AvgIpc) is 2.73. The van der Waals surface area contributed by atoms with Crippen LogP contribution in [0.4, 0.5) is 5.69 Å². The maximum Gasteiger partial charge on any atom is 0.307 e. The van der Waals surface area contributed by atoms with Crippen molar-refractivity contribution in [3.63, 3.8) is 0 Å². The summed E-state index contributed by atoms with van der Waals surface area (Å²) in [5.74, 6) is -0.263. The van der Waals surface area contributed by atoms with E-state index in [0.717, 1.165) is 6.20 Å². The Kier molecular flexibility index (Phi) is 5.08. The molecule has 0 saturated heterocycles. The fourth-order valence-electron chi connectivity index (χ4n) is 1.20. The van der Waals surface area contributed by atoms with E-state index in [1.165, 1.54) is 10.9 Å². The van der Waals surface area contributed by atoms with Gasteiger partial charge in [-0.2, -0.15) is 5.10 Å². The summed E-state index contributed by atoms with van der Waals surface area (Å²) in [4.78, 5) is 21.2. The molecule has 0 unspecified atom stereocenters. The molecule has 0 fully saturated rings. The van der Waals surface area contributed by atoms with E-state index in [4.69, 9.17) is 5.11 Å². The van der Waals surface area contributed by atoms with Crippen molar-refractivity contribution in [1.82, 2.24) is 15.1 Å². The molecule has 8 nitrogen and oxygen atoms in total. The number of carbonyl (C=O) groups is 1. The summed E-state index contributed by atoms with van der Waals surface area (Å²) in [7, 11) is 0. The zero-order valence-corrected chi connectivity index (χ0v) is 9.20. The molecule has 1 aromatic heterocycles. The van der Waals surface area contributed by atoms with Crippen LogP contribution in [0.3, 0.4) is 0 Å². The molecule has 17 heavy (non-hydrogen) atoms. The zero-order valence-electron chi connectivity index (χ0n) is 9.20. The SMILES string of the molecule is O=C(Cn1cc([N+](=O)[O-])cn1)NCCCCO. The highest BCUT2D eigenvalue weighted by molar-refractivity contribution is 5.75. The lowest BCUT2D eigenvalue weighted by atomic mass is 10.3. The number of rotatable bonds is 7. The van der Waals surface area contributed by atoms with Crippen LogP contribution in [0.15, 0.2) is 12.4 Å². The number of aliphatic hydroxyl groups is 1. The normalized spacial score (nSPS) is 10.2. The van der Waals surface area contributed by atoms with Crippen LogP contribution in [0.1, 0.15) is 12.8 Å². The Morgan fingerprint density at radius 2 is 2.35 bits per heavy atom. The summed E-state index contributed by atoms with van der Waals surface area (Å²) in [6.45, 7) is 0.525. The maximum atomic E-state index is 11.4. The van der Waals surface area contributed by atoms with Gasteiger partial charge in [0.1, 0.15) is 18.9 Å². The quantitative estimate of drug-likeness (QED) is 0.387. The third-order valence-corrected chi connectivity index (χ3v) is 2.04. The van der Waals surface area contributed by atoms with Crippen LogP contribution in [-0.4, -0.2) is 38.9 Å². The number of carbonyl (C=O) groups excluding carboxylic acids is 1. The Balaban J connectivity index is 2.32. The topological polar surface area (TPSA) is 110 Å². The number of amides is 1. The summed E-state index contributed by atoms with van der Waals surface area (Å²) in [6, 6.07) is 0. The minimum atomic E-state index is -0.567. The molecule has 1 rings (SSSR count). The van der Waals surface area contributed by atoms with Gasteiger partial charge in [0.2, 0.25) is 5.91 Å². The molecule has 2 N–H and O–H groups in total. The molecule has 1 heterocycles. The largest absolute Gasteiger partial charge is 0.396 e. The first-order valence-electron chi connectivity index (χ1n) is 5.18. The van der Waals surface area contributed by atoms with Crippen LogP contribution in [0, 0.1) is 10.1 Å². The van der Waals surface area contributed by atoms with Gasteiger partial charge < -0.3 is 10.4 Å². The molecule has 0 spiro atoms. The Morgan fingerprint density at radius 1 is 1.59 bits per heavy atom. The van der Waals surface area contributed by atoms with Crippen molar-refractivity contribution in [2.75, 3.05) is 13.2 Å². The van der Waals surface area contributed by atoms with E-state index in [1.807, 2.05) is 0 Å². The summed E-state index contributed by atoms with van der Waals surface area (Å²) >= 11 is 0. The van der Waals surface area contributed by atoms with Crippen LogP contribution in [0.5, 0.6) is 0 Å². The lowest BCUT2D eigenvalue weighted by Crippen LogP contribution is -2.28. The fourth-order valence-corrected chi connectivity index (χ4v) is 1.20. The molecule has 1 aromatic rings. The van der Waals surface area contributed by atoms with Gasteiger partial charge in [0.15, 0.2) is 0 Å². The molecule has 94 valence electrons. The van der Waals surface area contributed by atoms with Gasteiger partial charge in [0, 0.05) is 13.2 Å². The summed E-state index contributed by atoms with van der Waals surface area (Å²) in [6.07, 6.45) is 3.63. The summed E-state index contributed by atoms with van der Waals surface area (Å²) < 4.78 is 1.21. The average molecular weight is 242 g/mol. The standard InChI is InChI=1S/C9H14N4O4/c14-4-2-1-3-10-9(15)7-12-6-8(5-11-12)13(16)17/h5-6,14H,1-4,7H2,(H,10,15). The van der Waals surface area contributed by atoms with Gasteiger partial charge in [-0.25, -0.2) is 0 Å². The number of aliphatic hydroxyl groups excluding tert-OH is 1. The van der Waals surface area contributed by atoms with Gasteiger partial charge in [0.05, 0.1) is 4.92 Å². The molecule has 0 aliphatic rings. The molecule has 0 atom stereocenters. The lowest BCUT2D eigenvalue weighted by Gasteiger charge is -2.03. The van der Waals surface area contributed by atoms with E-state index in [2.05, 4.69) is 10.4 Å². The minimum Gasteiger partial charge on any atom is -0.396 e. The van der Waals surface area contributed by atoms with Crippen molar-refractivity contribution in [2.24, 2.45) is 0 Å². The van der Waals surface area contributed by atoms with Gasteiger partial charge in [-0.3, -0.25) is 19.6 Å². The van der Waals surface area contributed by atoms with E-state index >= 15 is 0 Å². The van der Waals surface area contributed by atoms with Gasteiger partial charge in [-0.1, -0.05) is 0 Å². The van der Waals surface area contributed by atoms with E-state index in [0.29, 0.717) is 19.4 Å². The van der Waals surface area contributed by atoms with E-state index in [9.17, 15) is 14.9 Å². The maximum absolute atomic E-state index is 11.4. The van der Waals surface area contributed by atoms with E-state index in [1.54, 1.807) is 0 Å². The molecule has 0 saturated carbocycles. The first kappa shape index (κ1) is 13.1. The Morgan fingerprint density at radius 3 is 2.94 bits per heavy atom. The third kappa shape index (κ3) is 4.60. The van der Waals surface area contributed by atoms with E-state index in [-0.39, 0.29) is 24.7 Å². The molecule has 0 radical (unpaired) electrons. The molecular weight excluding hydrogens is 228 g/mol. The number of nitro groups is 1. The Hall–Kier alpha value is -1.96. The van der Waals surface area contributed by atoms with Crippen molar-refractivity contribution in [3.05, 3.63) is 22.5 Å². The van der Waals surface area contributed by atoms with Crippen molar-refractivity contribution in [2.45, 2.75) is 19.4 Å². The highest BCUT2D eigenvalue weighted by Gasteiger charge is 2.10. The van der Waals surface area contributed by atoms with E-state index < -0.39 is 4.92 Å². The van der Waals surface area contributed by atoms with Crippen molar-refractivity contribution < 1.29 is 14.8 Å². The predicted molar refractivity (Wildman–Crippen MR) is 58.2 cm³/mol. The second-order valence-corrected chi connectivity index (χ2v) is 3.43. The number of hydrogen-bond acceptors (Lipinski definition) is 5. The van der Waals surface area contributed by atoms with Crippen LogP contribution in [0.25, 0.3) is 0 Å². The third-order valence-electron chi connectivity index (χ3n) is 2.04. The molecular formula is C9H14N4O4. The predicted octanol–water partition coefficient (Wildman–Crippen LogP) is -0.320. The highest BCUT2D eigenvalue weighted by atomic mass is 16.6. The monoisotopic (exact) mass is 242 g/mol. The second-order valence-electron chi connectivity index (χ2n) is 3.43. The first-order chi connectivity index (χ1) is 8.13. The number of aromatic nitrogens is 2. The molecule has 0 aliphatic heterocycles. The van der Waals surface area contributed by atoms with Crippen molar-refractivity contribution in [1.29, 1.82) is 0 Å². The highest BCUT2D eigenvalue weighted by Crippen LogP contribution is 2.07. The van der Waals surface area contributed by atoms with Gasteiger partial charge >= 0.3 is 5.69 Å². The molecule has 1 amide bonds. The fraction of sp³-hybridized carbons (Fsp3) is 0.556. The smallest absolute Gasteiger partial charge is 0.307 e. The van der Waals surface area contributed by atoms with Crippen molar-refractivity contribution >= 4 is 11.6 Å². The molecule has 8 heteroatoms. The van der Waals surface area contributed by atoms with Crippen LogP contribution < -0.4 is 5.32 Å². The number of unbranched alkanes of at least 4 members (excludes halogenated alkanes) is 1. The van der Waals surface area contributed by atoms with Crippen LogP contribution in [0.2, 0.25) is 0 Å². The van der Waals surface area contributed by atoms with Crippen molar-refractivity contribution in [3.8, 4) is 0 Å². The second kappa shape index (κ2) is 6.59. The molecule has 0 bridgehead atoms. The Labute approximate surface area is 97.4 Å². The zero-order chi connectivity index (χ0) is 12.7. The number of hydrogen-bond donors (Lipinski definition) is 2. The van der Waals surface area contributed by atoms with Gasteiger partial charge in [0.25, 0.3) is 0 Å². The molecule has 0 aliphatic carbocycles. The first-order valence-corrected chi connectivity index (χ1v) is 5.18. The number of nitrogens with one attached hydrogen (secondary N) is 1. The Bertz CT molecular complexity index is 390. The minimum absolute atomic E-state index is 0.0486. The summed E-state index contributed by atoms with van der Waals surface area (Å²) in [5.41, 5.74) is -0.141. The number of nitrogens with zero attached hydrogens (tertiary/aromatic N) is 3. The van der Waals surface area contributed by atoms with Gasteiger partial charge in [-0.05, 0) is 12.8 Å². The lowest BCUT2D eigenvalue weighted by molar-refractivity contribution is -0.385.